The molecule has 0 aliphatic carbocycles. The van der Waals surface area contributed by atoms with Crippen LogP contribution >= 0.6 is 11.3 Å². The molecule has 0 saturated heterocycles. The number of nitrogens with zero attached hydrogens (tertiary/aromatic N) is 1. The highest BCUT2D eigenvalue weighted by molar-refractivity contribution is 7.09. The van der Waals surface area contributed by atoms with Crippen LogP contribution in [-0.4, -0.2) is 4.98 Å². The summed E-state index contributed by atoms with van der Waals surface area (Å²) < 4.78 is 0. The molecule has 0 saturated carbocycles. The standard InChI is InChI=1S/C9H12N2S/c1-2-3-4-5-8(10)9-6-11-7-12-9/h1,6-8H,3-5,10H2. The van der Waals surface area contributed by atoms with Gasteiger partial charge in [-0.15, -0.1) is 23.7 Å². The van der Waals surface area contributed by atoms with Crippen molar-refractivity contribution in [2.24, 2.45) is 5.73 Å². The minimum absolute atomic E-state index is 0.117. The number of terminal acetylenes is 1. The number of unbranched alkanes of at least 4 members (excludes halogenated alkanes) is 1. The first kappa shape index (κ1) is 9.24. The SMILES string of the molecule is C#CCCCC(N)c1cncs1. The summed E-state index contributed by atoms with van der Waals surface area (Å²) in [6.07, 6.45) is 9.72. The average molecular weight is 180 g/mol. The monoisotopic (exact) mass is 180 g/mol. The summed E-state index contributed by atoms with van der Waals surface area (Å²) in [6.45, 7) is 0. The summed E-state index contributed by atoms with van der Waals surface area (Å²) in [5.41, 5.74) is 7.68. The molecule has 12 heavy (non-hydrogen) atoms. The highest BCUT2D eigenvalue weighted by atomic mass is 32.1. The van der Waals surface area contributed by atoms with Gasteiger partial charge in [0, 0.05) is 23.5 Å². The lowest BCUT2D eigenvalue weighted by Gasteiger charge is -2.06. The van der Waals surface area contributed by atoms with Crippen LogP contribution in [0.5, 0.6) is 0 Å². The largest absolute Gasteiger partial charge is 0.323 e. The first-order valence-corrected chi connectivity index (χ1v) is 4.80. The quantitative estimate of drug-likeness (QED) is 0.568. The van der Waals surface area contributed by atoms with E-state index < -0.39 is 0 Å². The summed E-state index contributed by atoms with van der Waals surface area (Å²) >= 11 is 1.60. The zero-order valence-electron chi connectivity index (χ0n) is 6.86. The minimum Gasteiger partial charge on any atom is -0.323 e. The molecule has 0 aliphatic rings. The smallest absolute Gasteiger partial charge is 0.0794 e. The molecule has 1 aromatic heterocycles. The molecule has 0 aromatic carbocycles. The second kappa shape index (κ2) is 4.91. The first-order chi connectivity index (χ1) is 5.84. The van der Waals surface area contributed by atoms with E-state index in [1.165, 1.54) is 0 Å². The Balaban J connectivity index is 2.30. The van der Waals surface area contributed by atoms with Gasteiger partial charge in [-0.05, 0) is 12.8 Å². The third-order valence-electron chi connectivity index (χ3n) is 1.65. The number of hydrogen-bond acceptors (Lipinski definition) is 3. The van der Waals surface area contributed by atoms with Crippen molar-refractivity contribution in [3.05, 3.63) is 16.6 Å². The average Bonchev–Trinajstić information content (AvgIpc) is 2.56. The van der Waals surface area contributed by atoms with Crippen LogP contribution in [0.4, 0.5) is 0 Å². The van der Waals surface area contributed by atoms with E-state index in [-0.39, 0.29) is 6.04 Å². The molecule has 64 valence electrons. The molecule has 2 N–H and O–H groups in total. The van der Waals surface area contributed by atoms with Crippen LogP contribution < -0.4 is 5.73 Å². The molecule has 0 aliphatic heterocycles. The molecule has 0 radical (unpaired) electrons. The van der Waals surface area contributed by atoms with Gasteiger partial charge in [0.1, 0.15) is 0 Å². The number of nitrogens with two attached hydrogens (primary N) is 1. The fourth-order valence-corrected chi connectivity index (χ4v) is 1.63. The van der Waals surface area contributed by atoms with Gasteiger partial charge in [0.2, 0.25) is 0 Å². The van der Waals surface area contributed by atoms with Crippen molar-refractivity contribution in [3.8, 4) is 12.3 Å². The Morgan fingerprint density at radius 2 is 2.58 bits per heavy atom. The Kier molecular flexibility index (Phi) is 3.78. The second-order valence-electron chi connectivity index (χ2n) is 2.61. The van der Waals surface area contributed by atoms with Crippen molar-refractivity contribution in [1.29, 1.82) is 0 Å². The van der Waals surface area contributed by atoms with Crippen molar-refractivity contribution < 1.29 is 0 Å². The molecule has 1 heterocycles. The highest BCUT2D eigenvalue weighted by Crippen LogP contribution is 2.19. The van der Waals surface area contributed by atoms with Crippen LogP contribution in [0.1, 0.15) is 30.2 Å². The van der Waals surface area contributed by atoms with Crippen LogP contribution in [0.2, 0.25) is 0 Å². The van der Waals surface area contributed by atoms with E-state index in [9.17, 15) is 0 Å². The summed E-state index contributed by atoms with van der Waals surface area (Å²) in [5.74, 6) is 2.60. The molecule has 1 atom stereocenters. The normalized spacial score (nSPS) is 12.3. The molecule has 1 unspecified atom stereocenters. The molecule has 0 spiro atoms. The lowest BCUT2D eigenvalue weighted by Crippen LogP contribution is -2.07. The molecular weight excluding hydrogens is 168 g/mol. The molecule has 1 aromatic rings. The Labute approximate surface area is 76.8 Å². The molecule has 3 heteroatoms. The molecule has 2 nitrogen and oxygen atoms in total. The van der Waals surface area contributed by atoms with Crippen LogP contribution in [0.15, 0.2) is 11.7 Å². The van der Waals surface area contributed by atoms with Gasteiger partial charge >= 0.3 is 0 Å². The zero-order valence-corrected chi connectivity index (χ0v) is 7.68. The molecular formula is C9H12N2S. The predicted molar refractivity (Wildman–Crippen MR) is 51.7 cm³/mol. The number of aromatic nitrogens is 1. The van der Waals surface area contributed by atoms with Crippen molar-refractivity contribution in [2.45, 2.75) is 25.3 Å². The lowest BCUT2D eigenvalue weighted by molar-refractivity contribution is 0.629. The molecule has 0 bridgehead atoms. The van der Waals surface area contributed by atoms with E-state index in [1.807, 2.05) is 6.20 Å². The van der Waals surface area contributed by atoms with E-state index >= 15 is 0 Å². The van der Waals surface area contributed by atoms with Gasteiger partial charge in [-0.2, -0.15) is 0 Å². The minimum atomic E-state index is 0.117. The maximum absolute atomic E-state index is 5.88. The molecule has 1 rings (SSSR count). The predicted octanol–water partition coefficient (Wildman–Crippen LogP) is 1.95. The number of rotatable bonds is 4. The van der Waals surface area contributed by atoms with Crippen molar-refractivity contribution in [3.63, 3.8) is 0 Å². The lowest BCUT2D eigenvalue weighted by atomic mass is 10.1. The summed E-state index contributed by atoms with van der Waals surface area (Å²) in [6, 6.07) is 0.117. The first-order valence-electron chi connectivity index (χ1n) is 3.92. The van der Waals surface area contributed by atoms with Crippen molar-refractivity contribution in [2.75, 3.05) is 0 Å². The number of hydrogen-bond donors (Lipinski definition) is 1. The maximum atomic E-state index is 5.88. The fourth-order valence-electron chi connectivity index (χ4n) is 0.975. The molecule has 0 fully saturated rings. The highest BCUT2D eigenvalue weighted by Gasteiger charge is 2.05. The fraction of sp³-hybridized carbons (Fsp3) is 0.444. The van der Waals surface area contributed by atoms with Gasteiger partial charge < -0.3 is 5.73 Å². The van der Waals surface area contributed by atoms with E-state index in [0.717, 1.165) is 24.1 Å². The Morgan fingerprint density at radius 1 is 1.75 bits per heavy atom. The van der Waals surface area contributed by atoms with E-state index in [0.29, 0.717) is 0 Å². The Bertz CT molecular complexity index is 248. The zero-order chi connectivity index (χ0) is 8.81. The Hall–Kier alpha value is -0.850. The Morgan fingerprint density at radius 3 is 3.17 bits per heavy atom. The van der Waals surface area contributed by atoms with Crippen LogP contribution in [0.3, 0.4) is 0 Å². The van der Waals surface area contributed by atoms with E-state index in [2.05, 4.69) is 10.9 Å². The maximum Gasteiger partial charge on any atom is 0.0794 e. The third kappa shape index (κ3) is 2.65. The summed E-state index contributed by atoms with van der Waals surface area (Å²) in [5, 5.41) is 0. The van der Waals surface area contributed by atoms with Crippen LogP contribution in [0.25, 0.3) is 0 Å². The van der Waals surface area contributed by atoms with Crippen molar-refractivity contribution in [1.82, 2.24) is 4.98 Å². The molecule has 0 amide bonds. The van der Waals surface area contributed by atoms with Gasteiger partial charge in [-0.1, -0.05) is 0 Å². The second-order valence-corrected chi connectivity index (χ2v) is 3.52. The van der Waals surface area contributed by atoms with Gasteiger partial charge in [-0.3, -0.25) is 4.98 Å². The van der Waals surface area contributed by atoms with Gasteiger partial charge in [-0.25, -0.2) is 0 Å². The van der Waals surface area contributed by atoms with E-state index in [4.69, 9.17) is 12.2 Å². The van der Waals surface area contributed by atoms with Crippen LogP contribution in [0, 0.1) is 12.3 Å². The van der Waals surface area contributed by atoms with Gasteiger partial charge in [0.05, 0.1) is 5.51 Å². The van der Waals surface area contributed by atoms with E-state index in [1.54, 1.807) is 16.8 Å². The van der Waals surface area contributed by atoms with Gasteiger partial charge in [0.25, 0.3) is 0 Å². The number of thiazole rings is 1. The summed E-state index contributed by atoms with van der Waals surface area (Å²) in [7, 11) is 0. The topological polar surface area (TPSA) is 38.9 Å². The summed E-state index contributed by atoms with van der Waals surface area (Å²) in [4.78, 5) is 5.12. The van der Waals surface area contributed by atoms with Crippen LogP contribution in [-0.2, 0) is 0 Å². The van der Waals surface area contributed by atoms with Crippen molar-refractivity contribution >= 4 is 11.3 Å². The van der Waals surface area contributed by atoms with Gasteiger partial charge in [0.15, 0.2) is 0 Å². The third-order valence-corrected chi connectivity index (χ3v) is 2.56.